The number of hydrogen-bond donors (Lipinski definition) is 0. The fourth-order valence-corrected chi connectivity index (χ4v) is 7.61. The molecule has 0 heterocycles. The second-order valence-corrected chi connectivity index (χ2v) is 9.58. The van der Waals surface area contributed by atoms with E-state index in [-0.39, 0.29) is 16.7 Å². The van der Waals surface area contributed by atoms with E-state index >= 15 is 0 Å². The molecule has 2 heteroatoms. The third kappa shape index (κ3) is 1.62. The van der Waals surface area contributed by atoms with Crippen LogP contribution in [0.1, 0.15) is 58.8 Å². The highest BCUT2D eigenvalue weighted by molar-refractivity contribution is 5.92. The molecule has 23 heavy (non-hydrogen) atoms. The van der Waals surface area contributed by atoms with Gasteiger partial charge in [-0.3, -0.25) is 4.79 Å². The smallest absolute Gasteiger partial charge is 0.155 e. The minimum absolute atomic E-state index is 0.269. The fourth-order valence-electron chi connectivity index (χ4n) is 7.61. The number of rotatable bonds is 0. The van der Waals surface area contributed by atoms with Crippen molar-refractivity contribution in [1.29, 1.82) is 5.26 Å². The van der Waals surface area contributed by atoms with Gasteiger partial charge in [0.05, 0.1) is 12.0 Å². The third-order valence-corrected chi connectivity index (χ3v) is 8.91. The lowest BCUT2D eigenvalue weighted by Gasteiger charge is -2.57. The Morgan fingerprint density at radius 3 is 2.78 bits per heavy atom. The van der Waals surface area contributed by atoms with Crippen molar-refractivity contribution in [3.05, 3.63) is 11.6 Å². The van der Waals surface area contributed by atoms with Gasteiger partial charge in [0.25, 0.3) is 0 Å². The maximum atomic E-state index is 12.0. The second kappa shape index (κ2) is 4.29. The van der Waals surface area contributed by atoms with Gasteiger partial charge in [-0.05, 0) is 85.0 Å². The Morgan fingerprint density at radius 1 is 1.17 bits per heavy atom. The average Bonchev–Trinajstić information content (AvgIpc) is 3.24. The molecular formula is C21H27NO. The first-order valence-corrected chi connectivity index (χ1v) is 9.63. The molecule has 0 unspecified atom stereocenters. The predicted molar refractivity (Wildman–Crippen MR) is 88.2 cm³/mol. The predicted octanol–water partition coefficient (Wildman–Crippen LogP) is 4.51. The summed E-state index contributed by atoms with van der Waals surface area (Å²) in [6.07, 6.45) is 10.1. The third-order valence-electron chi connectivity index (χ3n) is 8.91. The SMILES string of the molecule is C[C@]12CC[C@H]3[C@@H]([C@H]4C[C@H]4C4=CC(=O)CC[C@@]43C)[C@@H]1CC[C@@H]2C#N. The van der Waals surface area contributed by atoms with Crippen LogP contribution in [0.5, 0.6) is 0 Å². The molecule has 4 saturated carbocycles. The maximum Gasteiger partial charge on any atom is 0.155 e. The zero-order chi connectivity index (χ0) is 16.0. The molecule has 5 aliphatic carbocycles. The van der Waals surface area contributed by atoms with Gasteiger partial charge in [-0.25, -0.2) is 0 Å². The van der Waals surface area contributed by atoms with Crippen LogP contribution in [0, 0.1) is 57.7 Å². The molecule has 0 aliphatic heterocycles. The van der Waals surface area contributed by atoms with Crippen LogP contribution in [0.4, 0.5) is 0 Å². The van der Waals surface area contributed by atoms with E-state index in [0.717, 1.165) is 42.9 Å². The van der Waals surface area contributed by atoms with Crippen molar-refractivity contribution in [3.8, 4) is 6.07 Å². The van der Waals surface area contributed by atoms with Crippen molar-refractivity contribution < 1.29 is 4.79 Å². The molecule has 0 aromatic carbocycles. The molecule has 0 aromatic heterocycles. The Labute approximate surface area is 139 Å². The lowest BCUT2D eigenvalue weighted by Crippen LogP contribution is -2.51. The molecule has 8 atom stereocenters. The molecule has 2 nitrogen and oxygen atoms in total. The molecule has 0 amide bonds. The molecule has 0 radical (unpaired) electrons. The van der Waals surface area contributed by atoms with Crippen LogP contribution in [0.15, 0.2) is 11.6 Å². The van der Waals surface area contributed by atoms with E-state index in [1.54, 1.807) is 0 Å². The summed E-state index contributed by atoms with van der Waals surface area (Å²) in [5, 5.41) is 9.61. The van der Waals surface area contributed by atoms with Gasteiger partial charge < -0.3 is 0 Å². The Morgan fingerprint density at radius 2 is 2.00 bits per heavy atom. The Kier molecular flexibility index (Phi) is 2.66. The van der Waals surface area contributed by atoms with Crippen molar-refractivity contribution in [3.63, 3.8) is 0 Å². The number of fused-ring (bicyclic) bond motifs is 8. The van der Waals surface area contributed by atoms with Crippen LogP contribution in [0.25, 0.3) is 0 Å². The van der Waals surface area contributed by atoms with E-state index in [0.29, 0.717) is 11.7 Å². The lowest BCUT2D eigenvalue weighted by molar-refractivity contribution is -0.117. The number of ketones is 1. The van der Waals surface area contributed by atoms with Crippen molar-refractivity contribution in [2.24, 2.45) is 46.3 Å². The Bertz CT molecular complexity index is 657. The molecule has 0 N–H and O–H groups in total. The van der Waals surface area contributed by atoms with E-state index in [4.69, 9.17) is 0 Å². The van der Waals surface area contributed by atoms with Crippen molar-refractivity contribution >= 4 is 5.78 Å². The van der Waals surface area contributed by atoms with E-state index in [1.807, 2.05) is 6.08 Å². The van der Waals surface area contributed by atoms with Crippen LogP contribution in [-0.2, 0) is 4.79 Å². The van der Waals surface area contributed by atoms with Gasteiger partial charge in [0.15, 0.2) is 5.78 Å². The molecule has 0 aromatic rings. The van der Waals surface area contributed by atoms with E-state index in [2.05, 4.69) is 19.9 Å². The summed E-state index contributed by atoms with van der Waals surface area (Å²) in [7, 11) is 0. The first-order chi connectivity index (χ1) is 11.0. The van der Waals surface area contributed by atoms with E-state index < -0.39 is 0 Å². The zero-order valence-corrected chi connectivity index (χ0v) is 14.3. The minimum atomic E-state index is 0.269. The highest BCUT2D eigenvalue weighted by Crippen LogP contribution is 2.74. The van der Waals surface area contributed by atoms with Gasteiger partial charge in [-0.1, -0.05) is 19.4 Å². The molecular weight excluding hydrogens is 282 g/mol. The average molecular weight is 309 g/mol. The summed E-state index contributed by atoms with van der Waals surface area (Å²) in [5.41, 5.74) is 2.08. The number of carbonyl (C=O) groups is 1. The highest BCUT2D eigenvalue weighted by atomic mass is 16.1. The normalized spacial score (nSPS) is 56.6. The van der Waals surface area contributed by atoms with Crippen molar-refractivity contribution in [2.45, 2.75) is 58.8 Å². The van der Waals surface area contributed by atoms with E-state index in [9.17, 15) is 10.1 Å². The molecule has 0 spiro atoms. The fraction of sp³-hybridized carbons (Fsp3) is 0.810. The first-order valence-electron chi connectivity index (χ1n) is 9.63. The van der Waals surface area contributed by atoms with Crippen molar-refractivity contribution in [1.82, 2.24) is 0 Å². The first kappa shape index (κ1) is 14.3. The number of hydrogen-bond acceptors (Lipinski definition) is 2. The van der Waals surface area contributed by atoms with Crippen LogP contribution in [0.2, 0.25) is 0 Å². The number of carbonyl (C=O) groups excluding carboxylic acids is 1. The standard InChI is InChI=1S/C21H27NO/c1-20-8-6-17-19(16(20)4-3-12(20)11-22)15-10-14(15)18-9-13(23)5-7-21(17,18)2/h9,12,14-17,19H,3-8,10H2,1-2H3/t12-,14-,15+,16+,17+,19+,20-,21-/m1/s1. The van der Waals surface area contributed by atoms with Gasteiger partial charge in [0, 0.05) is 6.42 Å². The molecule has 5 rings (SSSR count). The molecule has 5 aliphatic rings. The minimum Gasteiger partial charge on any atom is -0.295 e. The largest absolute Gasteiger partial charge is 0.295 e. The zero-order valence-electron chi connectivity index (χ0n) is 14.3. The Hall–Kier alpha value is -1.10. The van der Waals surface area contributed by atoms with Gasteiger partial charge >= 0.3 is 0 Å². The Balaban J connectivity index is 1.57. The maximum absolute atomic E-state index is 12.0. The van der Waals surface area contributed by atoms with Gasteiger partial charge in [0.1, 0.15) is 0 Å². The van der Waals surface area contributed by atoms with Crippen LogP contribution < -0.4 is 0 Å². The van der Waals surface area contributed by atoms with Gasteiger partial charge in [-0.2, -0.15) is 5.26 Å². The van der Waals surface area contributed by atoms with Gasteiger partial charge in [-0.15, -0.1) is 0 Å². The van der Waals surface area contributed by atoms with Crippen LogP contribution >= 0.6 is 0 Å². The van der Waals surface area contributed by atoms with Crippen LogP contribution in [0.3, 0.4) is 0 Å². The topological polar surface area (TPSA) is 40.9 Å². The summed E-state index contributed by atoms with van der Waals surface area (Å²) in [6.45, 7) is 4.89. The monoisotopic (exact) mass is 309 g/mol. The molecule has 4 fully saturated rings. The van der Waals surface area contributed by atoms with Crippen LogP contribution in [-0.4, -0.2) is 5.78 Å². The number of nitriles is 1. The summed E-state index contributed by atoms with van der Waals surface area (Å²) < 4.78 is 0. The number of nitrogens with zero attached hydrogens (tertiary/aromatic N) is 1. The molecule has 122 valence electrons. The summed E-state index contributed by atoms with van der Waals surface area (Å²) in [6, 6.07) is 2.64. The number of allylic oxidation sites excluding steroid dienone is 1. The summed E-state index contributed by atoms with van der Waals surface area (Å²) in [5.74, 6) is 4.53. The van der Waals surface area contributed by atoms with Crippen molar-refractivity contribution in [2.75, 3.05) is 0 Å². The summed E-state index contributed by atoms with van der Waals surface area (Å²) >= 11 is 0. The second-order valence-electron chi connectivity index (χ2n) is 9.58. The lowest BCUT2D eigenvalue weighted by atomic mass is 9.47. The highest BCUT2D eigenvalue weighted by Gasteiger charge is 2.67. The van der Waals surface area contributed by atoms with Gasteiger partial charge in [0.2, 0.25) is 0 Å². The molecule has 0 bridgehead atoms. The quantitative estimate of drug-likeness (QED) is 0.660. The summed E-state index contributed by atoms with van der Waals surface area (Å²) in [4.78, 5) is 12.0. The molecule has 0 saturated heterocycles. The van der Waals surface area contributed by atoms with E-state index in [1.165, 1.54) is 31.3 Å².